The lowest BCUT2D eigenvalue weighted by molar-refractivity contribution is 0.239. The topological polar surface area (TPSA) is 79.2 Å². The molecule has 6 nitrogen and oxygen atoms in total. The molecular formula is C21H15Cl2N3O3S. The van der Waals surface area contributed by atoms with Crippen molar-refractivity contribution in [1.29, 1.82) is 0 Å². The highest BCUT2D eigenvalue weighted by Gasteiger charge is 2.23. The van der Waals surface area contributed by atoms with Gasteiger partial charge in [-0.15, -0.1) is 11.3 Å². The van der Waals surface area contributed by atoms with Gasteiger partial charge in [0.1, 0.15) is 0 Å². The molecule has 0 amide bonds. The number of H-pyrrole nitrogens is 1. The van der Waals surface area contributed by atoms with Gasteiger partial charge in [0.25, 0.3) is 5.56 Å². The van der Waals surface area contributed by atoms with Gasteiger partial charge in [-0.3, -0.25) is 14.5 Å². The zero-order valence-corrected chi connectivity index (χ0v) is 17.9. The fourth-order valence-corrected chi connectivity index (χ4v) is 4.91. The summed E-state index contributed by atoms with van der Waals surface area (Å²) in [4.78, 5) is 36.1. The smallest absolute Gasteiger partial charge is 0.255 e. The van der Waals surface area contributed by atoms with E-state index in [2.05, 4.69) is 9.97 Å². The van der Waals surface area contributed by atoms with Crippen LogP contribution in [0.25, 0.3) is 21.7 Å². The van der Waals surface area contributed by atoms with E-state index in [-0.39, 0.29) is 11.0 Å². The predicted molar refractivity (Wildman–Crippen MR) is 118 cm³/mol. The van der Waals surface area contributed by atoms with Gasteiger partial charge in [-0.2, -0.15) is 0 Å². The molecule has 152 valence electrons. The highest BCUT2D eigenvalue weighted by molar-refractivity contribution is 7.13. The third-order valence-electron chi connectivity index (χ3n) is 5.16. The fraction of sp³-hybridized carbons (Fsp3) is 0.190. The van der Waals surface area contributed by atoms with Crippen LogP contribution in [0.15, 0.2) is 49.9 Å². The average Bonchev–Trinajstić information content (AvgIpc) is 3.26. The van der Waals surface area contributed by atoms with Gasteiger partial charge in [0.15, 0.2) is 16.8 Å². The van der Waals surface area contributed by atoms with Crippen molar-refractivity contribution in [3.05, 3.63) is 83.4 Å². The Labute approximate surface area is 184 Å². The van der Waals surface area contributed by atoms with Gasteiger partial charge < -0.3 is 9.40 Å². The quantitative estimate of drug-likeness (QED) is 0.488. The number of aromatic amines is 1. The molecule has 0 aliphatic carbocycles. The van der Waals surface area contributed by atoms with Crippen LogP contribution in [-0.2, 0) is 19.5 Å². The number of thiophene rings is 1. The molecule has 3 aromatic heterocycles. The van der Waals surface area contributed by atoms with Crippen LogP contribution in [0.4, 0.5) is 0 Å². The molecule has 5 rings (SSSR count). The molecule has 0 bridgehead atoms. The number of fused-ring (bicyclic) bond motifs is 2. The normalized spacial score (nSPS) is 14.2. The van der Waals surface area contributed by atoms with Crippen LogP contribution in [0.1, 0.15) is 16.8 Å². The minimum Gasteiger partial charge on any atom is -0.462 e. The Hall–Kier alpha value is -2.45. The SMILES string of the molecule is O=c1[nH]c(-c2cccs2)nc2c1CN(Cc1coc3c(Cl)cc(Cl)cc3c1=O)CC2. The number of nitrogens with zero attached hydrogens (tertiary/aromatic N) is 2. The van der Waals surface area contributed by atoms with Gasteiger partial charge in [0, 0.05) is 36.6 Å². The maximum atomic E-state index is 12.9. The standard InChI is InChI=1S/C21H15Cl2N3O3S/c22-12-6-13-18(27)11(10-29-19(13)15(23)7-12)8-26-4-3-16-14(9-26)21(28)25-20(24-16)17-2-1-5-30-17/h1-2,5-7,10H,3-4,8-9H2,(H,24,25,28). The molecule has 4 heterocycles. The Kier molecular flexibility index (Phi) is 4.99. The molecule has 1 aliphatic rings. The summed E-state index contributed by atoms with van der Waals surface area (Å²) >= 11 is 13.7. The predicted octanol–water partition coefficient (Wildman–Crippen LogP) is 4.47. The third kappa shape index (κ3) is 3.48. The second-order valence-electron chi connectivity index (χ2n) is 7.13. The second kappa shape index (κ2) is 7.67. The van der Waals surface area contributed by atoms with Crippen molar-refractivity contribution in [2.45, 2.75) is 19.5 Å². The van der Waals surface area contributed by atoms with Gasteiger partial charge in [0.05, 0.1) is 32.8 Å². The van der Waals surface area contributed by atoms with E-state index in [4.69, 9.17) is 27.6 Å². The van der Waals surface area contributed by atoms with Crippen LogP contribution < -0.4 is 11.0 Å². The molecule has 0 saturated heterocycles. The lowest BCUT2D eigenvalue weighted by Gasteiger charge is -2.27. The molecule has 4 aromatic rings. The van der Waals surface area contributed by atoms with Gasteiger partial charge in [-0.1, -0.05) is 29.3 Å². The minimum atomic E-state index is -0.175. The van der Waals surface area contributed by atoms with E-state index in [1.54, 1.807) is 12.1 Å². The monoisotopic (exact) mass is 459 g/mol. The van der Waals surface area contributed by atoms with Gasteiger partial charge in [-0.05, 0) is 23.6 Å². The van der Waals surface area contributed by atoms with Crippen LogP contribution in [0.2, 0.25) is 10.0 Å². The first-order valence-electron chi connectivity index (χ1n) is 9.27. The van der Waals surface area contributed by atoms with Crippen LogP contribution in [-0.4, -0.2) is 21.4 Å². The molecule has 1 N–H and O–H groups in total. The molecular weight excluding hydrogens is 445 g/mol. The zero-order valence-electron chi connectivity index (χ0n) is 15.6. The summed E-state index contributed by atoms with van der Waals surface area (Å²) in [5.41, 5.74) is 1.94. The van der Waals surface area contributed by atoms with Crippen LogP contribution in [0, 0.1) is 0 Å². The van der Waals surface area contributed by atoms with Crippen LogP contribution in [0.3, 0.4) is 0 Å². The molecule has 1 aromatic carbocycles. The molecule has 30 heavy (non-hydrogen) atoms. The number of nitrogens with one attached hydrogen (secondary N) is 1. The van der Waals surface area contributed by atoms with Crippen LogP contribution >= 0.6 is 34.5 Å². The number of benzene rings is 1. The largest absolute Gasteiger partial charge is 0.462 e. The van der Waals surface area contributed by atoms with Gasteiger partial charge in [0.2, 0.25) is 0 Å². The minimum absolute atomic E-state index is 0.141. The summed E-state index contributed by atoms with van der Waals surface area (Å²) in [7, 11) is 0. The summed E-state index contributed by atoms with van der Waals surface area (Å²) in [6.07, 6.45) is 2.07. The first-order chi connectivity index (χ1) is 14.5. The van der Waals surface area contributed by atoms with Crippen molar-refractivity contribution in [3.63, 3.8) is 0 Å². The number of hydrogen-bond acceptors (Lipinski definition) is 6. The van der Waals surface area contributed by atoms with Gasteiger partial charge >= 0.3 is 0 Å². The first kappa shape index (κ1) is 19.5. The molecule has 1 aliphatic heterocycles. The summed E-state index contributed by atoms with van der Waals surface area (Å²) in [5, 5.41) is 2.98. The van der Waals surface area contributed by atoms with E-state index in [0.29, 0.717) is 64.0 Å². The number of hydrogen-bond donors (Lipinski definition) is 1. The van der Waals surface area contributed by atoms with E-state index in [0.717, 1.165) is 10.6 Å². The lowest BCUT2D eigenvalue weighted by Crippen LogP contribution is -2.36. The average molecular weight is 460 g/mol. The fourth-order valence-electron chi connectivity index (χ4n) is 3.70. The van der Waals surface area contributed by atoms with Crippen molar-refractivity contribution in [1.82, 2.24) is 14.9 Å². The summed E-state index contributed by atoms with van der Waals surface area (Å²) < 4.78 is 5.60. The summed E-state index contributed by atoms with van der Waals surface area (Å²) in [5.74, 6) is 0.603. The molecule has 0 radical (unpaired) electrons. The zero-order chi connectivity index (χ0) is 20.8. The first-order valence-corrected chi connectivity index (χ1v) is 10.9. The molecule has 0 atom stereocenters. The Balaban J connectivity index is 1.44. The van der Waals surface area contributed by atoms with Gasteiger partial charge in [-0.25, -0.2) is 4.98 Å². The van der Waals surface area contributed by atoms with E-state index in [1.807, 2.05) is 22.4 Å². The van der Waals surface area contributed by atoms with E-state index < -0.39 is 0 Å². The van der Waals surface area contributed by atoms with E-state index >= 15 is 0 Å². The van der Waals surface area contributed by atoms with Crippen molar-refractivity contribution < 1.29 is 4.42 Å². The van der Waals surface area contributed by atoms with Crippen molar-refractivity contribution >= 4 is 45.5 Å². The lowest BCUT2D eigenvalue weighted by atomic mass is 10.1. The maximum Gasteiger partial charge on any atom is 0.255 e. The van der Waals surface area contributed by atoms with Crippen molar-refractivity contribution in [2.24, 2.45) is 0 Å². The Bertz CT molecular complexity index is 1380. The molecule has 0 saturated carbocycles. The highest BCUT2D eigenvalue weighted by Crippen LogP contribution is 2.27. The van der Waals surface area contributed by atoms with Crippen LogP contribution in [0.5, 0.6) is 0 Å². The summed E-state index contributed by atoms with van der Waals surface area (Å²) in [6, 6.07) is 6.96. The number of rotatable bonds is 3. The number of aromatic nitrogens is 2. The maximum absolute atomic E-state index is 12.9. The van der Waals surface area contributed by atoms with E-state index in [9.17, 15) is 9.59 Å². The van der Waals surface area contributed by atoms with E-state index in [1.165, 1.54) is 17.6 Å². The van der Waals surface area contributed by atoms with Crippen molar-refractivity contribution in [3.8, 4) is 10.7 Å². The molecule has 0 spiro atoms. The summed E-state index contributed by atoms with van der Waals surface area (Å²) in [6.45, 7) is 1.45. The Morgan fingerprint density at radius 2 is 2.13 bits per heavy atom. The number of halogens is 2. The third-order valence-corrected chi connectivity index (χ3v) is 6.54. The molecule has 9 heteroatoms. The highest BCUT2D eigenvalue weighted by atomic mass is 35.5. The second-order valence-corrected chi connectivity index (χ2v) is 8.92. The molecule has 0 fully saturated rings. The van der Waals surface area contributed by atoms with Crippen molar-refractivity contribution in [2.75, 3.05) is 6.54 Å². The molecule has 0 unspecified atom stereocenters. The Morgan fingerprint density at radius 3 is 2.93 bits per heavy atom. The Morgan fingerprint density at radius 1 is 1.27 bits per heavy atom.